The molecular weight excluding hydrogens is 432 g/mol. The van der Waals surface area contributed by atoms with Crippen LogP contribution in [0.15, 0.2) is 50.5 Å². The summed E-state index contributed by atoms with van der Waals surface area (Å²) < 4.78 is 39.7. The molecule has 2 aliphatic rings. The highest BCUT2D eigenvalue weighted by molar-refractivity contribution is 7.89. The molecule has 4 rings (SSSR count). The molecule has 2 aromatic rings. The first-order valence-electron chi connectivity index (χ1n) is 10.9. The molecule has 1 saturated carbocycles. The minimum absolute atomic E-state index is 0.165. The zero-order valence-electron chi connectivity index (χ0n) is 18.3. The molecule has 1 aliphatic carbocycles. The summed E-state index contributed by atoms with van der Waals surface area (Å²) in [6.45, 7) is 4.18. The maximum absolute atomic E-state index is 13.5. The van der Waals surface area contributed by atoms with Crippen LogP contribution in [0.3, 0.4) is 0 Å². The molecule has 8 nitrogen and oxygen atoms in total. The van der Waals surface area contributed by atoms with Crippen LogP contribution in [0, 0.1) is 13.8 Å². The van der Waals surface area contributed by atoms with Crippen molar-refractivity contribution in [1.82, 2.24) is 9.62 Å². The molecule has 1 aromatic carbocycles. The highest BCUT2D eigenvalue weighted by Crippen LogP contribution is 2.33. The Morgan fingerprint density at radius 2 is 1.84 bits per heavy atom. The zero-order chi connectivity index (χ0) is 22.9. The highest BCUT2D eigenvalue weighted by Gasteiger charge is 2.48. The van der Waals surface area contributed by atoms with Gasteiger partial charge in [0, 0.05) is 6.07 Å². The standard InChI is InChI=1S/C23H28N2O6S/c1-16-7-6-8-20(11-16)32(28,29)24-23(9-4-3-5-10-23)22(27)25-14-19(15-25)31-18-12-17(2)30-21(26)13-18/h6-8,11-13,19,24H,3-5,9-10,14-15H2,1-2H3. The number of aryl methyl sites for hydroxylation is 2. The first-order valence-corrected chi connectivity index (χ1v) is 12.3. The fraction of sp³-hybridized carbons (Fsp3) is 0.478. The quantitative estimate of drug-likeness (QED) is 0.710. The monoisotopic (exact) mass is 460 g/mol. The fourth-order valence-corrected chi connectivity index (χ4v) is 5.95. The van der Waals surface area contributed by atoms with Crippen molar-refractivity contribution in [3.05, 3.63) is 58.1 Å². The van der Waals surface area contributed by atoms with Gasteiger partial charge in [0.2, 0.25) is 15.9 Å². The van der Waals surface area contributed by atoms with Gasteiger partial charge >= 0.3 is 5.63 Å². The average Bonchev–Trinajstić information content (AvgIpc) is 2.69. The number of likely N-dealkylation sites (tertiary alicyclic amines) is 1. The number of carbonyl (C=O) groups excluding carboxylic acids is 1. The van der Waals surface area contributed by atoms with Gasteiger partial charge in [-0.15, -0.1) is 0 Å². The van der Waals surface area contributed by atoms with E-state index in [1.165, 1.54) is 6.07 Å². The number of sulfonamides is 1. The first kappa shape index (κ1) is 22.5. The lowest BCUT2D eigenvalue weighted by Crippen LogP contribution is -2.66. The predicted molar refractivity (Wildman–Crippen MR) is 118 cm³/mol. The number of hydrogen-bond acceptors (Lipinski definition) is 6. The lowest BCUT2D eigenvalue weighted by molar-refractivity contribution is -0.148. The SMILES string of the molecule is Cc1cccc(S(=O)(=O)NC2(C(=O)N3CC(Oc4cc(C)oc(=O)c4)C3)CCCCC2)c1. The summed E-state index contributed by atoms with van der Waals surface area (Å²) in [4.78, 5) is 26.8. The van der Waals surface area contributed by atoms with Crippen LogP contribution in [0.4, 0.5) is 0 Å². The van der Waals surface area contributed by atoms with Crippen molar-refractivity contribution >= 4 is 15.9 Å². The molecule has 1 aromatic heterocycles. The van der Waals surface area contributed by atoms with E-state index in [0.717, 1.165) is 24.8 Å². The first-order chi connectivity index (χ1) is 15.2. The second-order valence-corrected chi connectivity index (χ2v) is 10.4. The van der Waals surface area contributed by atoms with Crippen molar-refractivity contribution in [3.8, 4) is 5.75 Å². The van der Waals surface area contributed by atoms with E-state index in [1.807, 2.05) is 13.0 Å². The molecule has 1 aliphatic heterocycles. The molecule has 1 N–H and O–H groups in total. The summed E-state index contributed by atoms with van der Waals surface area (Å²) in [5.74, 6) is 0.645. The summed E-state index contributed by atoms with van der Waals surface area (Å²) in [5.41, 5.74) is -0.792. The minimum atomic E-state index is -3.85. The van der Waals surface area contributed by atoms with E-state index in [-0.39, 0.29) is 16.9 Å². The summed E-state index contributed by atoms with van der Waals surface area (Å²) in [6, 6.07) is 9.58. The van der Waals surface area contributed by atoms with Gasteiger partial charge in [0.25, 0.3) is 0 Å². The van der Waals surface area contributed by atoms with Crippen LogP contribution in [0.1, 0.15) is 43.4 Å². The molecule has 1 saturated heterocycles. The Morgan fingerprint density at radius 3 is 2.50 bits per heavy atom. The number of carbonyl (C=O) groups is 1. The fourth-order valence-electron chi connectivity index (χ4n) is 4.43. The maximum Gasteiger partial charge on any atom is 0.339 e. The van der Waals surface area contributed by atoms with E-state index >= 15 is 0 Å². The predicted octanol–water partition coefficient (Wildman–Crippen LogP) is 2.53. The van der Waals surface area contributed by atoms with Crippen LogP contribution < -0.4 is 15.1 Å². The number of nitrogens with one attached hydrogen (secondary N) is 1. The molecule has 2 heterocycles. The number of hydrogen-bond donors (Lipinski definition) is 1. The van der Waals surface area contributed by atoms with E-state index in [2.05, 4.69) is 4.72 Å². The lowest BCUT2D eigenvalue weighted by atomic mass is 9.81. The Labute approximate surface area is 187 Å². The molecule has 32 heavy (non-hydrogen) atoms. The maximum atomic E-state index is 13.5. The molecule has 1 amide bonds. The van der Waals surface area contributed by atoms with Crippen molar-refractivity contribution in [2.45, 2.75) is 62.5 Å². The molecule has 0 radical (unpaired) electrons. The van der Waals surface area contributed by atoms with Gasteiger partial charge in [-0.25, -0.2) is 13.2 Å². The topological polar surface area (TPSA) is 106 Å². The van der Waals surface area contributed by atoms with E-state index in [9.17, 15) is 18.0 Å². The largest absolute Gasteiger partial charge is 0.486 e. The smallest absolute Gasteiger partial charge is 0.339 e. The Morgan fingerprint density at radius 1 is 1.12 bits per heavy atom. The summed E-state index contributed by atoms with van der Waals surface area (Å²) in [5, 5.41) is 0. The molecule has 9 heteroatoms. The second-order valence-electron chi connectivity index (χ2n) is 8.74. The summed E-state index contributed by atoms with van der Waals surface area (Å²) in [7, 11) is -3.85. The van der Waals surface area contributed by atoms with Gasteiger partial charge in [-0.3, -0.25) is 4.79 Å². The van der Waals surface area contributed by atoms with Crippen LogP contribution in [0.2, 0.25) is 0 Å². The second kappa shape index (κ2) is 8.71. The molecule has 172 valence electrons. The Hall–Kier alpha value is -2.65. The van der Waals surface area contributed by atoms with Crippen molar-refractivity contribution in [1.29, 1.82) is 0 Å². The molecule has 2 fully saturated rings. The Bertz CT molecular complexity index is 1160. The summed E-state index contributed by atoms with van der Waals surface area (Å²) >= 11 is 0. The van der Waals surface area contributed by atoms with Gasteiger partial charge in [0.1, 0.15) is 23.2 Å². The van der Waals surface area contributed by atoms with Crippen molar-refractivity contribution in [2.24, 2.45) is 0 Å². The number of nitrogens with zero attached hydrogens (tertiary/aromatic N) is 1. The lowest BCUT2D eigenvalue weighted by Gasteiger charge is -2.46. The van der Waals surface area contributed by atoms with E-state index in [0.29, 0.717) is 37.4 Å². The number of ether oxygens (including phenoxy) is 1. The van der Waals surface area contributed by atoms with E-state index in [1.54, 1.807) is 36.1 Å². The zero-order valence-corrected chi connectivity index (χ0v) is 19.1. The molecular formula is C23H28N2O6S. The van der Waals surface area contributed by atoms with Gasteiger partial charge in [-0.05, 0) is 44.4 Å². The van der Waals surface area contributed by atoms with Gasteiger partial charge in [-0.2, -0.15) is 4.72 Å². The third kappa shape index (κ3) is 4.73. The van der Waals surface area contributed by atoms with Crippen molar-refractivity contribution < 1.29 is 22.4 Å². The van der Waals surface area contributed by atoms with E-state index < -0.39 is 21.2 Å². The van der Waals surface area contributed by atoms with Gasteiger partial charge in [0.05, 0.1) is 24.1 Å². The Balaban J connectivity index is 1.47. The Kier molecular flexibility index (Phi) is 6.13. The molecule has 0 unspecified atom stereocenters. The number of rotatable bonds is 6. The third-order valence-corrected chi connectivity index (χ3v) is 7.59. The average molecular weight is 461 g/mol. The van der Waals surface area contributed by atoms with Crippen LogP contribution >= 0.6 is 0 Å². The van der Waals surface area contributed by atoms with Crippen molar-refractivity contribution in [3.63, 3.8) is 0 Å². The number of amides is 1. The van der Waals surface area contributed by atoms with E-state index in [4.69, 9.17) is 9.15 Å². The van der Waals surface area contributed by atoms with Gasteiger partial charge < -0.3 is 14.1 Å². The minimum Gasteiger partial charge on any atom is -0.486 e. The molecule has 0 spiro atoms. The molecule has 0 bridgehead atoms. The van der Waals surface area contributed by atoms with Crippen LogP contribution in [0.25, 0.3) is 0 Å². The van der Waals surface area contributed by atoms with Crippen molar-refractivity contribution in [2.75, 3.05) is 13.1 Å². The van der Waals surface area contributed by atoms with Gasteiger partial charge in [0.15, 0.2) is 0 Å². The highest BCUT2D eigenvalue weighted by atomic mass is 32.2. The summed E-state index contributed by atoms with van der Waals surface area (Å²) in [6.07, 6.45) is 3.23. The van der Waals surface area contributed by atoms with Crippen LogP contribution in [-0.2, 0) is 14.8 Å². The third-order valence-electron chi connectivity index (χ3n) is 6.05. The van der Waals surface area contributed by atoms with Crippen LogP contribution in [-0.4, -0.2) is 44.0 Å². The molecule has 0 atom stereocenters. The number of benzene rings is 1. The normalized spacial score (nSPS) is 18.8. The van der Waals surface area contributed by atoms with Gasteiger partial charge in [-0.1, -0.05) is 31.4 Å². The van der Waals surface area contributed by atoms with Crippen LogP contribution in [0.5, 0.6) is 5.75 Å².